The molecule has 0 aliphatic carbocycles. The Labute approximate surface area is 153 Å². The number of nitrogen functional groups attached to an aromatic ring is 1. The number of ether oxygens (including phenoxy) is 2. The van der Waals surface area contributed by atoms with Gasteiger partial charge in [-0.15, -0.1) is 5.10 Å². The van der Waals surface area contributed by atoms with Crippen molar-refractivity contribution in [1.82, 2.24) is 25.0 Å². The molecule has 1 aliphatic heterocycles. The van der Waals surface area contributed by atoms with Crippen LogP contribution in [0.4, 0.5) is 17.2 Å². The summed E-state index contributed by atoms with van der Waals surface area (Å²) >= 11 is 0. The summed E-state index contributed by atoms with van der Waals surface area (Å²) in [4.78, 5) is 8.54. The van der Waals surface area contributed by atoms with Crippen LogP contribution in [0.15, 0.2) is 48.8 Å². The molecule has 5 rings (SSSR count). The van der Waals surface area contributed by atoms with Gasteiger partial charge in [-0.1, -0.05) is 17.3 Å². The fourth-order valence-electron chi connectivity index (χ4n) is 2.94. The molecule has 0 spiro atoms. The number of aromatic nitrogens is 5. The van der Waals surface area contributed by atoms with E-state index in [2.05, 4.69) is 25.6 Å². The molecule has 0 bridgehead atoms. The van der Waals surface area contributed by atoms with Crippen LogP contribution in [0, 0.1) is 0 Å². The smallest absolute Gasteiger partial charge is 0.184 e. The average molecular weight is 361 g/mol. The Morgan fingerprint density at radius 3 is 2.78 bits per heavy atom. The summed E-state index contributed by atoms with van der Waals surface area (Å²) < 4.78 is 12.7. The van der Waals surface area contributed by atoms with E-state index in [1.54, 1.807) is 4.68 Å². The van der Waals surface area contributed by atoms with E-state index in [1.807, 2.05) is 42.5 Å². The second kappa shape index (κ2) is 6.13. The number of nitrogens with two attached hydrogens (primary N) is 1. The summed E-state index contributed by atoms with van der Waals surface area (Å²) in [5.41, 5.74) is 9.03. The fourth-order valence-corrected chi connectivity index (χ4v) is 2.94. The number of benzene rings is 2. The number of hydrogen-bond donors (Lipinski definition) is 2. The Morgan fingerprint density at radius 1 is 1.00 bits per heavy atom. The maximum absolute atomic E-state index is 6.32. The summed E-state index contributed by atoms with van der Waals surface area (Å²) in [6.07, 6.45) is 1.43. The minimum absolute atomic E-state index is 0.364. The first-order chi connectivity index (χ1) is 13.3. The van der Waals surface area contributed by atoms with E-state index >= 15 is 0 Å². The lowest BCUT2D eigenvalue weighted by Gasteiger charge is -2.19. The first-order valence-electron chi connectivity index (χ1n) is 8.37. The molecule has 0 saturated heterocycles. The highest BCUT2D eigenvalue weighted by molar-refractivity contribution is 5.80. The van der Waals surface area contributed by atoms with Crippen molar-refractivity contribution in [1.29, 1.82) is 0 Å². The van der Waals surface area contributed by atoms with Gasteiger partial charge in [-0.25, -0.2) is 9.97 Å². The number of anilines is 3. The van der Waals surface area contributed by atoms with Gasteiger partial charge in [-0.3, -0.25) is 0 Å². The van der Waals surface area contributed by atoms with Crippen molar-refractivity contribution in [2.75, 3.05) is 24.3 Å². The summed E-state index contributed by atoms with van der Waals surface area (Å²) in [5.74, 6) is 2.33. The number of nitrogens with one attached hydrogen (secondary N) is 1. The van der Waals surface area contributed by atoms with Crippen LogP contribution in [0.25, 0.3) is 16.9 Å². The zero-order chi connectivity index (χ0) is 18.2. The number of para-hydroxylation sites is 1. The maximum Gasteiger partial charge on any atom is 0.184 e. The monoisotopic (exact) mass is 361 g/mol. The Balaban J connectivity index is 1.52. The Bertz CT molecular complexity index is 1140. The highest BCUT2D eigenvalue weighted by Crippen LogP contribution is 2.34. The Kier molecular flexibility index (Phi) is 3.49. The maximum atomic E-state index is 6.32. The lowest BCUT2D eigenvalue weighted by atomic mass is 10.2. The molecule has 4 aromatic rings. The molecule has 3 N–H and O–H groups in total. The molecule has 0 amide bonds. The predicted octanol–water partition coefficient (Wildman–Crippen LogP) is 2.31. The molecule has 3 heterocycles. The lowest BCUT2D eigenvalue weighted by Crippen LogP contribution is -2.15. The van der Waals surface area contributed by atoms with Crippen molar-refractivity contribution in [3.05, 3.63) is 48.8 Å². The van der Waals surface area contributed by atoms with Crippen LogP contribution in [0.3, 0.4) is 0 Å². The molecule has 2 aromatic carbocycles. The molecule has 0 fully saturated rings. The third kappa shape index (κ3) is 2.65. The number of fused-ring (bicyclic) bond motifs is 2. The van der Waals surface area contributed by atoms with Crippen LogP contribution >= 0.6 is 0 Å². The van der Waals surface area contributed by atoms with Crippen LogP contribution in [-0.4, -0.2) is 38.2 Å². The number of rotatable bonds is 3. The van der Waals surface area contributed by atoms with Gasteiger partial charge in [-0.2, -0.15) is 4.68 Å². The van der Waals surface area contributed by atoms with Gasteiger partial charge in [0, 0.05) is 11.8 Å². The van der Waals surface area contributed by atoms with Crippen molar-refractivity contribution in [3.8, 4) is 17.3 Å². The summed E-state index contributed by atoms with van der Waals surface area (Å²) in [7, 11) is 0. The lowest BCUT2D eigenvalue weighted by molar-refractivity contribution is 0.171. The Hall–Kier alpha value is -3.88. The summed E-state index contributed by atoms with van der Waals surface area (Å²) in [6.45, 7) is 1.07. The van der Waals surface area contributed by atoms with E-state index in [4.69, 9.17) is 15.2 Å². The third-order valence-corrected chi connectivity index (χ3v) is 4.22. The summed E-state index contributed by atoms with van der Waals surface area (Å²) in [5, 5.41) is 11.5. The van der Waals surface area contributed by atoms with E-state index in [0.717, 1.165) is 22.5 Å². The van der Waals surface area contributed by atoms with Crippen molar-refractivity contribution in [2.24, 2.45) is 0 Å². The minimum Gasteiger partial charge on any atom is -0.486 e. The standard InChI is InChI=1S/C18H15N7O2/c19-16-17(22-11-5-6-14-15(9-11)27-8-7-26-14)20-10-21-18(16)25-13-4-2-1-3-12(13)23-24-25/h1-6,9-10H,7-8,19H2,(H,20,21,22). The van der Waals surface area contributed by atoms with Gasteiger partial charge >= 0.3 is 0 Å². The molecule has 134 valence electrons. The second-order valence-corrected chi connectivity index (χ2v) is 5.93. The molecule has 9 heteroatoms. The van der Waals surface area contributed by atoms with Crippen LogP contribution in [0.5, 0.6) is 11.5 Å². The SMILES string of the molecule is Nc1c(Nc2ccc3c(c2)OCCO3)ncnc1-n1nnc2ccccc21. The van der Waals surface area contributed by atoms with Crippen LogP contribution in [0.2, 0.25) is 0 Å². The van der Waals surface area contributed by atoms with Gasteiger partial charge in [0.1, 0.15) is 30.7 Å². The first kappa shape index (κ1) is 15.4. The molecular weight excluding hydrogens is 346 g/mol. The van der Waals surface area contributed by atoms with Gasteiger partial charge in [0.15, 0.2) is 23.1 Å². The Morgan fingerprint density at radius 2 is 1.85 bits per heavy atom. The van der Waals surface area contributed by atoms with E-state index in [-0.39, 0.29) is 0 Å². The molecule has 2 aromatic heterocycles. The highest BCUT2D eigenvalue weighted by atomic mass is 16.6. The normalized spacial score (nSPS) is 12.9. The first-order valence-corrected chi connectivity index (χ1v) is 8.37. The molecule has 0 radical (unpaired) electrons. The highest BCUT2D eigenvalue weighted by Gasteiger charge is 2.16. The van der Waals surface area contributed by atoms with Gasteiger partial charge in [-0.05, 0) is 24.3 Å². The van der Waals surface area contributed by atoms with Gasteiger partial charge < -0.3 is 20.5 Å². The van der Waals surface area contributed by atoms with Crippen molar-refractivity contribution in [2.45, 2.75) is 0 Å². The molecule has 1 aliphatic rings. The number of hydrogen-bond acceptors (Lipinski definition) is 8. The summed E-state index contributed by atoms with van der Waals surface area (Å²) in [6, 6.07) is 13.2. The second-order valence-electron chi connectivity index (χ2n) is 5.93. The van der Waals surface area contributed by atoms with E-state index < -0.39 is 0 Å². The average Bonchev–Trinajstić information content (AvgIpc) is 3.13. The quantitative estimate of drug-likeness (QED) is 0.571. The van der Waals surface area contributed by atoms with Gasteiger partial charge in [0.25, 0.3) is 0 Å². The third-order valence-electron chi connectivity index (χ3n) is 4.22. The van der Waals surface area contributed by atoms with Crippen molar-refractivity contribution >= 4 is 28.2 Å². The minimum atomic E-state index is 0.364. The topological polar surface area (TPSA) is 113 Å². The fraction of sp³-hybridized carbons (Fsp3) is 0.111. The van der Waals surface area contributed by atoms with E-state index in [0.29, 0.717) is 36.3 Å². The molecule has 9 nitrogen and oxygen atoms in total. The van der Waals surface area contributed by atoms with Crippen LogP contribution in [0.1, 0.15) is 0 Å². The van der Waals surface area contributed by atoms with Crippen molar-refractivity contribution in [3.63, 3.8) is 0 Å². The molecular formula is C18H15N7O2. The number of nitrogens with zero attached hydrogens (tertiary/aromatic N) is 5. The van der Waals surface area contributed by atoms with Crippen molar-refractivity contribution < 1.29 is 9.47 Å². The molecule has 0 saturated carbocycles. The zero-order valence-corrected chi connectivity index (χ0v) is 14.2. The molecule has 0 unspecified atom stereocenters. The largest absolute Gasteiger partial charge is 0.486 e. The van der Waals surface area contributed by atoms with Gasteiger partial charge in [0.05, 0.1) is 5.52 Å². The van der Waals surface area contributed by atoms with Crippen LogP contribution < -0.4 is 20.5 Å². The molecule has 0 atom stereocenters. The van der Waals surface area contributed by atoms with Crippen LogP contribution in [-0.2, 0) is 0 Å². The molecule has 27 heavy (non-hydrogen) atoms. The van der Waals surface area contributed by atoms with E-state index in [1.165, 1.54) is 6.33 Å². The van der Waals surface area contributed by atoms with Gasteiger partial charge in [0.2, 0.25) is 0 Å². The van der Waals surface area contributed by atoms with E-state index in [9.17, 15) is 0 Å². The zero-order valence-electron chi connectivity index (χ0n) is 14.2. The predicted molar refractivity (Wildman–Crippen MR) is 99.6 cm³/mol.